The highest BCUT2D eigenvalue weighted by Crippen LogP contribution is 2.49. The van der Waals surface area contributed by atoms with Gasteiger partial charge in [0.25, 0.3) is 0 Å². The van der Waals surface area contributed by atoms with Gasteiger partial charge in [-0.1, -0.05) is 36.4 Å². The first-order chi connectivity index (χ1) is 17.2. The van der Waals surface area contributed by atoms with Crippen molar-refractivity contribution in [2.75, 3.05) is 19.5 Å². The summed E-state index contributed by atoms with van der Waals surface area (Å²) in [6.45, 7) is 1.27. The van der Waals surface area contributed by atoms with Gasteiger partial charge < -0.3 is 20.1 Å². The molecule has 4 rings (SSSR count). The molecule has 2 heterocycles. The molecular formula is C22H26N5O7PS. The molecule has 192 valence electrons. The van der Waals surface area contributed by atoms with Gasteiger partial charge in [-0.25, -0.2) is 14.3 Å². The zero-order chi connectivity index (χ0) is 25.9. The summed E-state index contributed by atoms with van der Waals surface area (Å²) in [6.07, 6.45) is 0.604. The maximum absolute atomic E-state index is 13.8. The molecule has 1 aliphatic heterocycles. The number of methoxy groups -OCH3 is 1. The fourth-order valence-corrected chi connectivity index (χ4v) is 6.78. The normalized spacial score (nSPS) is 22.1. The van der Waals surface area contributed by atoms with Gasteiger partial charge in [-0.3, -0.25) is 13.9 Å². The van der Waals surface area contributed by atoms with Crippen molar-refractivity contribution in [3.05, 3.63) is 59.3 Å². The number of aliphatic hydroxyl groups is 1. The van der Waals surface area contributed by atoms with Gasteiger partial charge in [0, 0.05) is 11.8 Å². The van der Waals surface area contributed by atoms with Crippen molar-refractivity contribution in [1.82, 2.24) is 19.6 Å². The first kappa shape index (κ1) is 26.1. The second kappa shape index (κ2) is 11.0. The van der Waals surface area contributed by atoms with E-state index >= 15 is 0 Å². The minimum absolute atomic E-state index is 0.142. The lowest BCUT2D eigenvalue weighted by Gasteiger charge is -2.24. The van der Waals surface area contributed by atoms with Crippen molar-refractivity contribution in [2.24, 2.45) is 0 Å². The number of hydrogen-bond donors (Lipinski definition) is 3. The zero-order valence-corrected chi connectivity index (χ0v) is 21.2. The third-order valence-electron chi connectivity index (χ3n) is 5.54. The quantitative estimate of drug-likeness (QED) is 0.270. The third kappa shape index (κ3) is 5.88. The van der Waals surface area contributed by atoms with Crippen LogP contribution in [0.1, 0.15) is 18.7 Å². The minimum atomic E-state index is -4.14. The molecular weight excluding hydrogens is 509 g/mol. The summed E-state index contributed by atoms with van der Waals surface area (Å²) >= 11 is 1.24. The van der Waals surface area contributed by atoms with Crippen LogP contribution in [0.15, 0.2) is 53.6 Å². The second-order valence-corrected chi connectivity index (χ2v) is 11.2. The molecule has 1 aliphatic rings. The van der Waals surface area contributed by atoms with Crippen LogP contribution in [-0.4, -0.2) is 56.7 Å². The van der Waals surface area contributed by atoms with Crippen LogP contribution in [0, 0.1) is 0 Å². The van der Waals surface area contributed by atoms with E-state index in [-0.39, 0.29) is 19.0 Å². The van der Waals surface area contributed by atoms with E-state index in [0.717, 1.165) is 5.39 Å². The molecule has 0 spiro atoms. The molecule has 5 atom stereocenters. The molecule has 2 unspecified atom stereocenters. The van der Waals surface area contributed by atoms with Crippen molar-refractivity contribution in [1.29, 1.82) is 0 Å². The molecule has 1 fully saturated rings. The Hall–Kier alpha value is -2.96. The van der Waals surface area contributed by atoms with Gasteiger partial charge in [0.1, 0.15) is 18.1 Å². The van der Waals surface area contributed by atoms with Crippen molar-refractivity contribution in [2.45, 2.75) is 36.1 Å². The van der Waals surface area contributed by atoms with Crippen LogP contribution in [0.4, 0.5) is 5.95 Å². The number of aliphatic hydroxyl groups excluding tert-OH is 1. The summed E-state index contributed by atoms with van der Waals surface area (Å²) in [7, 11) is -2.93. The van der Waals surface area contributed by atoms with Crippen molar-refractivity contribution < 1.29 is 28.3 Å². The molecule has 36 heavy (non-hydrogen) atoms. The zero-order valence-electron chi connectivity index (χ0n) is 19.5. The van der Waals surface area contributed by atoms with Gasteiger partial charge in [0.2, 0.25) is 5.95 Å². The molecule has 2 aromatic carbocycles. The number of hydrogen-bond acceptors (Lipinski definition) is 11. The summed E-state index contributed by atoms with van der Waals surface area (Å²) in [5.41, 5.74) is 4.86. The molecule has 0 amide bonds. The molecule has 0 radical (unpaired) electrons. The number of benzene rings is 2. The molecule has 12 nitrogen and oxygen atoms in total. The van der Waals surface area contributed by atoms with Gasteiger partial charge in [-0.2, -0.15) is 10.1 Å². The van der Waals surface area contributed by atoms with E-state index in [1.165, 1.54) is 36.7 Å². The number of fused-ring (bicyclic) bond motifs is 1. The molecule has 3 aromatic rings. The summed E-state index contributed by atoms with van der Waals surface area (Å²) in [6, 6.07) is 11.7. The molecule has 0 saturated carbocycles. The molecule has 14 heteroatoms. The number of esters is 1. The van der Waals surface area contributed by atoms with E-state index in [1.54, 1.807) is 12.1 Å². The van der Waals surface area contributed by atoms with Gasteiger partial charge in [0.15, 0.2) is 0 Å². The van der Waals surface area contributed by atoms with E-state index < -0.39 is 42.2 Å². The number of nitrogen functional groups attached to an aromatic ring is 1. The van der Waals surface area contributed by atoms with Gasteiger partial charge in [-0.05, 0) is 18.4 Å². The van der Waals surface area contributed by atoms with E-state index in [0.29, 0.717) is 11.1 Å². The number of aromatic nitrogens is 3. The van der Waals surface area contributed by atoms with E-state index in [2.05, 4.69) is 15.1 Å². The number of carbonyl (C=O) groups excluding carboxylic acids is 1. The summed E-state index contributed by atoms with van der Waals surface area (Å²) in [5, 5.41) is 13.7. The Morgan fingerprint density at radius 2 is 2.08 bits per heavy atom. The van der Waals surface area contributed by atoms with Crippen LogP contribution >= 0.6 is 19.5 Å². The predicted molar refractivity (Wildman–Crippen MR) is 134 cm³/mol. The SMILES string of the molecule is COC(=O)[C@H](C)NP(=O)(OC[C@H]1S[C@@H](n2cnc(N)nc2=O)CC1O)Oc1cccc2ccccc12. The highest BCUT2D eigenvalue weighted by molar-refractivity contribution is 8.00. The summed E-state index contributed by atoms with van der Waals surface area (Å²) in [4.78, 5) is 31.6. The maximum Gasteiger partial charge on any atom is 0.459 e. The van der Waals surface area contributed by atoms with Crippen LogP contribution in [0.2, 0.25) is 0 Å². The van der Waals surface area contributed by atoms with Gasteiger partial charge in [0.05, 0.1) is 30.4 Å². The first-order valence-electron chi connectivity index (χ1n) is 11.0. The van der Waals surface area contributed by atoms with E-state index in [9.17, 15) is 19.3 Å². The largest absolute Gasteiger partial charge is 0.468 e. The molecule has 1 saturated heterocycles. The minimum Gasteiger partial charge on any atom is -0.468 e. The second-order valence-electron chi connectivity index (χ2n) is 8.07. The molecule has 4 N–H and O–H groups in total. The Morgan fingerprint density at radius 3 is 2.83 bits per heavy atom. The summed E-state index contributed by atoms with van der Waals surface area (Å²) < 4.78 is 31.4. The standard InChI is InChI=1S/C22H26N5O7PS/c1-13(20(29)32-2)26-35(31,34-17-9-5-7-14-6-3-4-8-15(14)17)33-11-18-16(28)10-19(36-18)27-12-24-21(23)25-22(27)30/h3-9,12-13,16,18-19,28H,10-11H2,1-2H3,(H,26,31)(H2,23,25,30)/t13-,16?,18+,19+,35?/m0/s1. The van der Waals surface area contributed by atoms with E-state index in [4.69, 9.17) is 19.5 Å². The number of rotatable bonds is 9. The molecule has 1 aromatic heterocycles. The number of carbonyl (C=O) groups is 1. The van der Waals surface area contributed by atoms with Crippen LogP contribution in [-0.2, 0) is 18.6 Å². The van der Waals surface area contributed by atoms with Crippen LogP contribution in [0.5, 0.6) is 5.75 Å². The van der Waals surface area contributed by atoms with Crippen LogP contribution < -0.4 is 21.0 Å². The van der Waals surface area contributed by atoms with Crippen molar-refractivity contribution in [3.8, 4) is 5.75 Å². The van der Waals surface area contributed by atoms with Crippen LogP contribution in [0.3, 0.4) is 0 Å². The van der Waals surface area contributed by atoms with Crippen molar-refractivity contribution >= 4 is 42.2 Å². The number of thioether (sulfide) groups is 1. The highest BCUT2D eigenvalue weighted by atomic mass is 32.2. The lowest BCUT2D eigenvalue weighted by atomic mass is 10.1. The number of nitrogens with zero attached hydrogens (tertiary/aromatic N) is 3. The van der Waals surface area contributed by atoms with Gasteiger partial charge in [-0.15, -0.1) is 11.8 Å². The number of ether oxygens (including phenoxy) is 1. The average Bonchev–Trinajstić information content (AvgIpc) is 3.22. The van der Waals surface area contributed by atoms with Gasteiger partial charge >= 0.3 is 19.4 Å². The van der Waals surface area contributed by atoms with Crippen LogP contribution in [0.25, 0.3) is 10.8 Å². The average molecular weight is 536 g/mol. The maximum atomic E-state index is 13.8. The Balaban J connectivity index is 1.53. The summed E-state index contributed by atoms with van der Waals surface area (Å²) in [5.74, 6) is -0.500. The number of nitrogens with two attached hydrogens (primary N) is 1. The topological polar surface area (TPSA) is 168 Å². The molecule has 0 bridgehead atoms. The number of anilines is 1. The first-order valence-corrected chi connectivity index (χ1v) is 13.5. The Bertz CT molecular complexity index is 1350. The van der Waals surface area contributed by atoms with Crippen molar-refractivity contribution in [3.63, 3.8) is 0 Å². The monoisotopic (exact) mass is 535 g/mol. The van der Waals surface area contributed by atoms with E-state index in [1.807, 2.05) is 30.3 Å². The Labute approximate surface area is 210 Å². The third-order valence-corrected chi connectivity index (χ3v) is 8.71. The Kier molecular flexibility index (Phi) is 7.96. The Morgan fingerprint density at radius 1 is 1.33 bits per heavy atom. The highest BCUT2D eigenvalue weighted by Gasteiger charge is 2.39. The fraction of sp³-hybridized carbons (Fsp3) is 0.364. The fourth-order valence-electron chi connectivity index (χ4n) is 3.72. The smallest absolute Gasteiger partial charge is 0.459 e. The number of nitrogens with one attached hydrogen (secondary N) is 1. The molecule has 0 aliphatic carbocycles. The lowest BCUT2D eigenvalue weighted by Crippen LogP contribution is -2.35. The predicted octanol–water partition coefficient (Wildman–Crippen LogP) is 2.09. The lowest BCUT2D eigenvalue weighted by molar-refractivity contribution is -0.142.